The molecule has 0 radical (unpaired) electrons. The molecule has 0 aliphatic heterocycles. The summed E-state index contributed by atoms with van der Waals surface area (Å²) in [5, 5.41) is 8.12. The molecule has 1 aliphatic carbocycles. The van der Waals surface area contributed by atoms with Crippen molar-refractivity contribution in [1.82, 2.24) is 0 Å². The number of hydrogen-bond acceptors (Lipinski definition) is 0. The Labute approximate surface area is 379 Å². The van der Waals surface area contributed by atoms with E-state index in [-0.39, 0.29) is 0 Å². The predicted octanol–water partition coefficient (Wildman–Crippen LogP) is 18.1. The molecule has 312 valence electrons. The number of fused-ring (bicyclic) bond motifs is 9. The fourth-order valence-corrected chi connectivity index (χ4v) is 10.4. The zero-order chi connectivity index (χ0) is 43.7. The van der Waals surface area contributed by atoms with Crippen molar-refractivity contribution in [3.63, 3.8) is 0 Å². The van der Waals surface area contributed by atoms with Crippen molar-refractivity contribution in [1.29, 1.82) is 0 Å². The first-order chi connectivity index (χ1) is 31.4. The van der Waals surface area contributed by atoms with Gasteiger partial charge in [-0.2, -0.15) is 0 Å². The monoisotopic (exact) mass is 824 g/mol. The van der Waals surface area contributed by atoms with Gasteiger partial charge in [0.05, 0.1) is 0 Å². The van der Waals surface area contributed by atoms with Crippen molar-refractivity contribution in [2.45, 2.75) is 65.2 Å². The Morgan fingerprint density at radius 3 is 1.67 bits per heavy atom. The van der Waals surface area contributed by atoms with Crippen LogP contribution in [0.25, 0.3) is 76.8 Å². The van der Waals surface area contributed by atoms with Crippen molar-refractivity contribution in [3.8, 4) is 44.5 Å². The third-order valence-electron chi connectivity index (χ3n) is 13.9. The van der Waals surface area contributed by atoms with Crippen LogP contribution in [0.2, 0.25) is 0 Å². The van der Waals surface area contributed by atoms with E-state index in [9.17, 15) is 0 Å². The van der Waals surface area contributed by atoms with Gasteiger partial charge in [-0.05, 0) is 154 Å². The first-order valence-electron chi connectivity index (χ1n) is 23.3. The van der Waals surface area contributed by atoms with Crippen LogP contribution >= 0.6 is 0 Å². The van der Waals surface area contributed by atoms with Gasteiger partial charge in [0, 0.05) is 5.92 Å². The SMILES string of the molecule is CC(C)c1ccc2c3ccccc3c3ccccc3c2c1.CCc1ccc(-c2ccc3c(c2)-c2ccccc2C(c2cccc(-c4ccccc4)c2)CC3C)cc1-c1ccccc1C. The third kappa shape index (κ3) is 7.73. The van der Waals surface area contributed by atoms with Gasteiger partial charge in [-0.15, -0.1) is 0 Å². The topological polar surface area (TPSA) is 0 Å². The maximum absolute atomic E-state index is 2.45. The van der Waals surface area contributed by atoms with E-state index in [1.54, 1.807) is 0 Å². The van der Waals surface area contributed by atoms with Gasteiger partial charge in [0.15, 0.2) is 0 Å². The first kappa shape index (κ1) is 41.0. The van der Waals surface area contributed by atoms with Crippen molar-refractivity contribution in [3.05, 3.63) is 240 Å². The second-order valence-electron chi connectivity index (χ2n) is 18.2. The molecule has 0 bridgehead atoms. The lowest BCUT2D eigenvalue weighted by atomic mass is 9.83. The van der Waals surface area contributed by atoms with Crippen LogP contribution in [0.5, 0.6) is 0 Å². The molecule has 0 nitrogen and oxygen atoms in total. The molecule has 0 spiro atoms. The van der Waals surface area contributed by atoms with Gasteiger partial charge in [-0.1, -0.05) is 222 Å². The number of rotatable bonds is 6. The van der Waals surface area contributed by atoms with Crippen LogP contribution in [0, 0.1) is 6.92 Å². The van der Waals surface area contributed by atoms with Crippen molar-refractivity contribution < 1.29 is 0 Å². The van der Waals surface area contributed by atoms with Crippen LogP contribution in [-0.4, -0.2) is 0 Å². The predicted molar refractivity (Wildman–Crippen MR) is 277 cm³/mol. The number of aryl methyl sites for hydroxylation is 2. The highest BCUT2D eigenvalue weighted by Crippen LogP contribution is 2.48. The van der Waals surface area contributed by atoms with E-state index in [0.717, 1.165) is 12.8 Å². The fourth-order valence-electron chi connectivity index (χ4n) is 10.4. The minimum Gasteiger partial charge on any atom is -0.0622 e. The molecule has 64 heavy (non-hydrogen) atoms. The van der Waals surface area contributed by atoms with Crippen LogP contribution in [0.4, 0.5) is 0 Å². The second kappa shape index (κ2) is 17.6. The van der Waals surface area contributed by atoms with Gasteiger partial charge in [0.2, 0.25) is 0 Å². The minimum atomic E-state index is 0.335. The molecule has 0 N–H and O–H groups in total. The van der Waals surface area contributed by atoms with Crippen LogP contribution < -0.4 is 0 Å². The standard InChI is InChI=1S/C43H38.C21H18/c1-4-31-21-22-34(27-42(31)37-18-9-8-13-29(37)2)35-23-24-38-30(3)25-41(39-19-10-11-20-40(39)43(38)28-35)36-17-12-16-33(26-36)32-14-6-5-7-15-32;1-14(2)15-11-12-20-18-9-4-3-7-16(18)17-8-5-6-10-19(17)21(20)13-15/h5-24,26-28,30,41H,4,25H2,1-3H3;3-14H,1-2H3. The summed E-state index contributed by atoms with van der Waals surface area (Å²) in [5.41, 5.74) is 18.9. The quantitative estimate of drug-likeness (QED) is 0.147. The molecule has 0 saturated heterocycles. The Morgan fingerprint density at radius 1 is 0.422 bits per heavy atom. The summed E-state index contributed by atoms with van der Waals surface area (Å²) < 4.78 is 0. The normalized spacial score (nSPS) is 14.5. The minimum absolute atomic E-state index is 0.335. The van der Waals surface area contributed by atoms with Gasteiger partial charge in [0.25, 0.3) is 0 Å². The summed E-state index contributed by atoms with van der Waals surface area (Å²) in [7, 11) is 0. The highest BCUT2D eigenvalue weighted by molar-refractivity contribution is 6.25. The maximum Gasteiger partial charge on any atom is 0.0101 e. The fraction of sp³-hybridized carbons (Fsp3) is 0.156. The molecule has 2 atom stereocenters. The van der Waals surface area contributed by atoms with E-state index in [0.29, 0.717) is 17.8 Å². The Balaban J connectivity index is 0.000000192. The molecule has 1 aliphatic rings. The Hall–Kier alpha value is -7.02. The van der Waals surface area contributed by atoms with Gasteiger partial charge in [0.1, 0.15) is 0 Å². The van der Waals surface area contributed by atoms with Gasteiger partial charge >= 0.3 is 0 Å². The molecule has 0 heteroatoms. The van der Waals surface area contributed by atoms with E-state index in [4.69, 9.17) is 0 Å². The maximum atomic E-state index is 2.45. The third-order valence-corrected chi connectivity index (χ3v) is 13.9. The van der Waals surface area contributed by atoms with Crippen molar-refractivity contribution in [2.24, 2.45) is 0 Å². The Bertz CT molecular complexity index is 3260. The number of benzene rings is 10. The largest absolute Gasteiger partial charge is 0.0622 e. The van der Waals surface area contributed by atoms with Gasteiger partial charge in [-0.25, -0.2) is 0 Å². The lowest BCUT2D eigenvalue weighted by Crippen LogP contribution is -2.04. The molecular weight excluding hydrogens is 769 g/mol. The Morgan fingerprint density at radius 2 is 0.984 bits per heavy atom. The molecule has 10 aromatic rings. The zero-order valence-corrected chi connectivity index (χ0v) is 37.8. The van der Waals surface area contributed by atoms with Crippen molar-refractivity contribution in [2.75, 3.05) is 0 Å². The molecule has 0 amide bonds. The summed E-state index contributed by atoms with van der Waals surface area (Å²) in [5.74, 6) is 1.33. The van der Waals surface area contributed by atoms with E-state index in [1.165, 1.54) is 110 Å². The van der Waals surface area contributed by atoms with E-state index >= 15 is 0 Å². The summed E-state index contributed by atoms with van der Waals surface area (Å²) in [6.07, 6.45) is 2.11. The first-order valence-corrected chi connectivity index (χ1v) is 23.3. The summed E-state index contributed by atoms with van der Waals surface area (Å²) >= 11 is 0. The average Bonchev–Trinajstić information content (AvgIpc) is 3.48. The summed E-state index contributed by atoms with van der Waals surface area (Å²) in [4.78, 5) is 0. The second-order valence-corrected chi connectivity index (χ2v) is 18.2. The van der Waals surface area contributed by atoms with E-state index in [2.05, 4.69) is 241 Å². The molecular formula is C64H56. The molecule has 0 saturated carbocycles. The Kier molecular flexibility index (Phi) is 11.3. The number of hydrogen-bond donors (Lipinski definition) is 0. The highest BCUT2D eigenvalue weighted by Gasteiger charge is 2.28. The van der Waals surface area contributed by atoms with Crippen LogP contribution in [0.3, 0.4) is 0 Å². The van der Waals surface area contributed by atoms with Gasteiger partial charge < -0.3 is 0 Å². The molecule has 11 rings (SSSR count). The molecule has 0 heterocycles. The lowest BCUT2D eigenvalue weighted by molar-refractivity contribution is 0.626. The van der Waals surface area contributed by atoms with E-state index < -0.39 is 0 Å². The zero-order valence-electron chi connectivity index (χ0n) is 37.8. The summed E-state index contributed by atoms with van der Waals surface area (Å²) in [6, 6.07) is 76.5. The summed E-state index contributed by atoms with van der Waals surface area (Å²) in [6.45, 7) is 11.4. The van der Waals surface area contributed by atoms with Crippen LogP contribution in [-0.2, 0) is 6.42 Å². The van der Waals surface area contributed by atoms with Crippen LogP contribution in [0.15, 0.2) is 206 Å². The smallest absolute Gasteiger partial charge is 0.0101 e. The average molecular weight is 825 g/mol. The molecule has 10 aromatic carbocycles. The highest BCUT2D eigenvalue weighted by atomic mass is 14.3. The molecule has 0 aromatic heterocycles. The van der Waals surface area contributed by atoms with Crippen molar-refractivity contribution >= 4 is 32.3 Å². The lowest BCUT2D eigenvalue weighted by Gasteiger charge is -2.21. The van der Waals surface area contributed by atoms with E-state index in [1.807, 2.05) is 0 Å². The molecule has 0 fully saturated rings. The van der Waals surface area contributed by atoms with Gasteiger partial charge in [-0.3, -0.25) is 0 Å². The molecule has 2 unspecified atom stereocenters. The van der Waals surface area contributed by atoms with Crippen LogP contribution in [0.1, 0.15) is 85.3 Å².